The first kappa shape index (κ1) is 17.2. The third kappa shape index (κ3) is 3.01. The number of carbonyl (C=O) groups is 1. The summed E-state index contributed by atoms with van der Waals surface area (Å²) in [7, 11) is 1.85. The number of imidazole rings is 1. The van der Waals surface area contributed by atoms with Crippen molar-refractivity contribution in [2.45, 2.75) is 0 Å². The van der Waals surface area contributed by atoms with Crippen molar-refractivity contribution in [2.24, 2.45) is 7.05 Å². The summed E-state index contributed by atoms with van der Waals surface area (Å²) in [5, 5.41) is 16.3. The minimum absolute atomic E-state index is 0.331. The first-order valence-corrected chi connectivity index (χ1v) is 8.39. The average molecular weight is 369 g/mol. The zero-order chi connectivity index (χ0) is 19.7. The standard InChI is InChI=1S/C20H15N7O/c1-3-20(28)25-18-5-4-13(9-22-18)17-6-14(15-10-24-26(2)12-15)7-19-23-11-16(8-21)27(17)19/h3-7,9-12H,1H2,2H3,(H,22,25,28). The molecule has 0 radical (unpaired) electrons. The number of nitrogens with one attached hydrogen (secondary N) is 1. The Bertz CT molecular complexity index is 1240. The van der Waals surface area contributed by atoms with E-state index in [9.17, 15) is 10.1 Å². The molecular weight excluding hydrogens is 354 g/mol. The Hall–Kier alpha value is -4.25. The van der Waals surface area contributed by atoms with E-state index in [4.69, 9.17) is 0 Å². The highest BCUT2D eigenvalue weighted by Gasteiger charge is 2.14. The fraction of sp³-hybridized carbons (Fsp3) is 0.0500. The van der Waals surface area contributed by atoms with Crippen molar-refractivity contribution < 1.29 is 4.79 Å². The van der Waals surface area contributed by atoms with Gasteiger partial charge in [-0.1, -0.05) is 6.58 Å². The predicted octanol–water partition coefficient (Wildman–Crippen LogP) is 2.79. The number of fused-ring (bicyclic) bond motifs is 1. The van der Waals surface area contributed by atoms with Gasteiger partial charge in [-0.2, -0.15) is 10.4 Å². The van der Waals surface area contributed by atoms with E-state index in [0.717, 1.165) is 22.4 Å². The number of hydrogen-bond acceptors (Lipinski definition) is 5. The molecule has 1 amide bonds. The van der Waals surface area contributed by atoms with Gasteiger partial charge in [0.1, 0.15) is 23.2 Å². The normalized spacial score (nSPS) is 10.6. The quantitative estimate of drug-likeness (QED) is 0.558. The Kier molecular flexibility index (Phi) is 4.18. The van der Waals surface area contributed by atoms with E-state index in [1.807, 2.05) is 31.4 Å². The number of carbonyl (C=O) groups excluding carboxylic acids is 1. The van der Waals surface area contributed by atoms with Gasteiger partial charge in [-0.05, 0) is 35.9 Å². The molecule has 0 spiro atoms. The molecule has 4 heterocycles. The number of nitrogens with zero attached hydrogens (tertiary/aromatic N) is 6. The van der Waals surface area contributed by atoms with Gasteiger partial charge in [0.05, 0.1) is 18.1 Å². The highest BCUT2D eigenvalue weighted by molar-refractivity contribution is 5.98. The van der Waals surface area contributed by atoms with Crippen LogP contribution in [0.15, 0.2) is 61.7 Å². The van der Waals surface area contributed by atoms with E-state index in [1.165, 1.54) is 12.3 Å². The molecule has 1 N–H and O–H groups in total. The SMILES string of the molecule is C=CC(=O)Nc1ccc(-c2cc(-c3cnn(C)c3)cc3ncc(C#N)n23)cn1. The molecule has 0 aliphatic carbocycles. The predicted molar refractivity (Wildman–Crippen MR) is 104 cm³/mol. The number of amides is 1. The monoisotopic (exact) mass is 369 g/mol. The molecular formula is C20H15N7O. The molecule has 0 saturated carbocycles. The van der Waals surface area contributed by atoms with Gasteiger partial charge in [-0.15, -0.1) is 0 Å². The summed E-state index contributed by atoms with van der Waals surface area (Å²) in [6.45, 7) is 3.42. The summed E-state index contributed by atoms with van der Waals surface area (Å²) in [5.74, 6) is 0.0852. The van der Waals surface area contributed by atoms with Gasteiger partial charge in [0.2, 0.25) is 5.91 Å². The van der Waals surface area contributed by atoms with Crippen LogP contribution >= 0.6 is 0 Å². The fourth-order valence-corrected chi connectivity index (χ4v) is 2.94. The van der Waals surface area contributed by atoms with Crippen LogP contribution in [0, 0.1) is 11.3 Å². The van der Waals surface area contributed by atoms with Gasteiger partial charge in [0, 0.05) is 30.6 Å². The molecule has 8 heteroatoms. The van der Waals surface area contributed by atoms with Gasteiger partial charge >= 0.3 is 0 Å². The lowest BCUT2D eigenvalue weighted by atomic mass is 10.1. The molecule has 8 nitrogen and oxygen atoms in total. The summed E-state index contributed by atoms with van der Waals surface area (Å²) >= 11 is 0. The van der Waals surface area contributed by atoms with Crippen molar-refractivity contribution in [3.8, 4) is 28.5 Å². The van der Waals surface area contributed by atoms with Crippen molar-refractivity contribution in [3.05, 3.63) is 67.4 Å². The van der Waals surface area contributed by atoms with Crippen molar-refractivity contribution in [1.29, 1.82) is 5.26 Å². The van der Waals surface area contributed by atoms with Crippen LogP contribution in [0.25, 0.3) is 28.0 Å². The van der Waals surface area contributed by atoms with Gasteiger partial charge in [-0.3, -0.25) is 13.9 Å². The molecule has 4 aromatic rings. The van der Waals surface area contributed by atoms with Gasteiger partial charge in [-0.25, -0.2) is 9.97 Å². The second kappa shape index (κ2) is 6.81. The topological polar surface area (TPSA) is 101 Å². The van der Waals surface area contributed by atoms with Crippen molar-refractivity contribution in [1.82, 2.24) is 24.1 Å². The summed E-state index contributed by atoms with van der Waals surface area (Å²) in [6, 6.07) is 9.56. The number of pyridine rings is 2. The molecule has 0 aromatic carbocycles. The maximum atomic E-state index is 11.4. The van der Waals surface area contributed by atoms with Crippen LogP contribution in [0.4, 0.5) is 5.82 Å². The minimum atomic E-state index is -0.331. The van der Waals surface area contributed by atoms with E-state index >= 15 is 0 Å². The molecule has 4 rings (SSSR count). The van der Waals surface area contributed by atoms with Crippen LogP contribution in [0.1, 0.15) is 5.69 Å². The average Bonchev–Trinajstić information content (AvgIpc) is 3.33. The van der Waals surface area contributed by atoms with Gasteiger partial charge < -0.3 is 5.32 Å². The maximum Gasteiger partial charge on any atom is 0.248 e. The van der Waals surface area contributed by atoms with Crippen LogP contribution in [-0.2, 0) is 11.8 Å². The van der Waals surface area contributed by atoms with E-state index < -0.39 is 0 Å². The van der Waals surface area contributed by atoms with E-state index in [1.54, 1.807) is 27.5 Å². The maximum absolute atomic E-state index is 11.4. The lowest BCUT2D eigenvalue weighted by Crippen LogP contribution is -2.08. The molecule has 0 fully saturated rings. The second-order valence-electron chi connectivity index (χ2n) is 6.11. The summed E-state index contributed by atoms with van der Waals surface area (Å²) in [5.41, 5.74) is 4.48. The van der Waals surface area contributed by atoms with Crippen molar-refractivity contribution in [2.75, 3.05) is 5.32 Å². The molecule has 0 aliphatic heterocycles. The lowest BCUT2D eigenvalue weighted by molar-refractivity contribution is -0.111. The molecule has 0 unspecified atom stereocenters. The second-order valence-corrected chi connectivity index (χ2v) is 6.11. The van der Waals surface area contributed by atoms with E-state index in [2.05, 4.69) is 33.0 Å². The Labute approximate surface area is 160 Å². The van der Waals surface area contributed by atoms with Crippen molar-refractivity contribution in [3.63, 3.8) is 0 Å². The fourth-order valence-electron chi connectivity index (χ4n) is 2.94. The highest BCUT2D eigenvalue weighted by Crippen LogP contribution is 2.29. The molecule has 0 atom stereocenters. The Morgan fingerprint density at radius 2 is 2.04 bits per heavy atom. The Morgan fingerprint density at radius 1 is 1.18 bits per heavy atom. The van der Waals surface area contributed by atoms with E-state index in [0.29, 0.717) is 17.2 Å². The first-order valence-electron chi connectivity index (χ1n) is 8.39. The van der Waals surface area contributed by atoms with Crippen LogP contribution in [0.2, 0.25) is 0 Å². The third-order valence-corrected chi connectivity index (χ3v) is 4.26. The Balaban J connectivity index is 1.86. The lowest BCUT2D eigenvalue weighted by Gasteiger charge is -2.10. The number of anilines is 1. The summed E-state index contributed by atoms with van der Waals surface area (Å²) < 4.78 is 3.50. The number of aryl methyl sites for hydroxylation is 1. The van der Waals surface area contributed by atoms with Crippen LogP contribution in [-0.4, -0.2) is 30.1 Å². The number of aromatic nitrogens is 5. The molecule has 28 heavy (non-hydrogen) atoms. The zero-order valence-corrected chi connectivity index (χ0v) is 15.0. The van der Waals surface area contributed by atoms with Crippen LogP contribution < -0.4 is 5.32 Å². The third-order valence-electron chi connectivity index (χ3n) is 4.26. The van der Waals surface area contributed by atoms with E-state index in [-0.39, 0.29) is 5.91 Å². The smallest absolute Gasteiger partial charge is 0.248 e. The highest BCUT2D eigenvalue weighted by atomic mass is 16.1. The molecule has 4 aromatic heterocycles. The number of hydrogen-bond donors (Lipinski definition) is 1. The number of nitriles is 1. The zero-order valence-electron chi connectivity index (χ0n) is 15.0. The molecule has 0 saturated heterocycles. The molecule has 136 valence electrons. The van der Waals surface area contributed by atoms with Gasteiger partial charge in [0.15, 0.2) is 0 Å². The molecule has 0 bridgehead atoms. The van der Waals surface area contributed by atoms with Crippen molar-refractivity contribution >= 4 is 17.4 Å². The Morgan fingerprint density at radius 3 is 2.68 bits per heavy atom. The van der Waals surface area contributed by atoms with Gasteiger partial charge in [0.25, 0.3) is 0 Å². The molecule has 0 aliphatic rings. The number of rotatable bonds is 4. The first-order chi connectivity index (χ1) is 13.6. The summed E-state index contributed by atoms with van der Waals surface area (Å²) in [4.78, 5) is 20.1. The van der Waals surface area contributed by atoms with Crippen LogP contribution in [0.3, 0.4) is 0 Å². The summed E-state index contributed by atoms with van der Waals surface area (Å²) in [6.07, 6.45) is 8.05. The largest absolute Gasteiger partial charge is 0.307 e. The van der Waals surface area contributed by atoms with Crippen LogP contribution in [0.5, 0.6) is 0 Å². The minimum Gasteiger partial charge on any atom is -0.307 e.